The summed E-state index contributed by atoms with van der Waals surface area (Å²) in [7, 11) is 0. The minimum Gasteiger partial charge on any atom is -0.376 e. The van der Waals surface area contributed by atoms with Crippen molar-refractivity contribution in [3.63, 3.8) is 0 Å². The van der Waals surface area contributed by atoms with Gasteiger partial charge in [0.05, 0.1) is 6.10 Å². The molecule has 1 aliphatic heterocycles. The normalized spacial score (nSPS) is 18.5. The maximum atomic E-state index is 5.60. The van der Waals surface area contributed by atoms with E-state index in [4.69, 9.17) is 4.74 Å². The van der Waals surface area contributed by atoms with Crippen molar-refractivity contribution in [3.8, 4) is 0 Å². The summed E-state index contributed by atoms with van der Waals surface area (Å²) < 4.78 is 5.60. The molecule has 0 aliphatic carbocycles. The molecule has 2 heterocycles. The highest BCUT2D eigenvalue weighted by molar-refractivity contribution is 5.42. The molecule has 1 unspecified atom stereocenters. The smallest absolute Gasteiger partial charge is 0.224 e. The van der Waals surface area contributed by atoms with Crippen LogP contribution in [0, 0.1) is 12.8 Å². The number of ether oxygens (including phenoxy) is 1. The molecule has 112 valence electrons. The topological polar surface area (TPSA) is 59.1 Å². The summed E-state index contributed by atoms with van der Waals surface area (Å²) >= 11 is 0. The Morgan fingerprint density at radius 1 is 1.35 bits per heavy atom. The first-order chi connectivity index (χ1) is 9.63. The van der Waals surface area contributed by atoms with E-state index >= 15 is 0 Å². The number of nitrogens with zero attached hydrogens (tertiary/aromatic N) is 2. The molecule has 0 saturated carbocycles. The number of nitrogens with one attached hydrogen (secondary N) is 2. The lowest BCUT2D eigenvalue weighted by molar-refractivity contribution is 0.120. The summed E-state index contributed by atoms with van der Waals surface area (Å²) in [6.45, 7) is 9.04. The van der Waals surface area contributed by atoms with Crippen molar-refractivity contribution in [3.05, 3.63) is 11.8 Å². The van der Waals surface area contributed by atoms with E-state index in [1.807, 2.05) is 13.0 Å². The monoisotopic (exact) mass is 278 g/mol. The predicted molar refractivity (Wildman–Crippen MR) is 82.2 cm³/mol. The van der Waals surface area contributed by atoms with Gasteiger partial charge in [-0.05, 0) is 32.1 Å². The average Bonchev–Trinajstić information content (AvgIpc) is 2.88. The highest BCUT2D eigenvalue weighted by Gasteiger charge is 2.15. The zero-order valence-electron chi connectivity index (χ0n) is 12.8. The molecule has 5 nitrogen and oxygen atoms in total. The van der Waals surface area contributed by atoms with Crippen molar-refractivity contribution < 1.29 is 4.74 Å². The van der Waals surface area contributed by atoms with Gasteiger partial charge in [0.25, 0.3) is 0 Å². The van der Waals surface area contributed by atoms with Crippen LogP contribution < -0.4 is 10.6 Å². The van der Waals surface area contributed by atoms with Crippen LogP contribution in [0.4, 0.5) is 11.8 Å². The van der Waals surface area contributed by atoms with Crippen molar-refractivity contribution in [2.75, 3.05) is 30.3 Å². The van der Waals surface area contributed by atoms with Gasteiger partial charge in [0, 0.05) is 31.5 Å². The van der Waals surface area contributed by atoms with E-state index < -0.39 is 0 Å². The molecule has 0 bridgehead atoms. The molecule has 1 fully saturated rings. The second-order valence-electron chi connectivity index (χ2n) is 5.84. The third-order valence-electron chi connectivity index (χ3n) is 3.39. The van der Waals surface area contributed by atoms with Crippen molar-refractivity contribution in [1.82, 2.24) is 9.97 Å². The zero-order chi connectivity index (χ0) is 14.4. The van der Waals surface area contributed by atoms with Crippen molar-refractivity contribution in [2.45, 2.75) is 46.1 Å². The lowest BCUT2D eigenvalue weighted by Crippen LogP contribution is -2.19. The highest BCUT2D eigenvalue weighted by atomic mass is 16.5. The van der Waals surface area contributed by atoms with Gasteiger partial charge >= 0.3 is 0 Å². The van der Waals surface area contributed by atoms with Gasteiger partial charge in [-0.2, -0.15) is 4.98 Å². The second kappa shape index (κ2) is 7.43. The fourth-order valence-electron chi connectivity index (χ4n) is 2.23. The Balaban J connectivity index is 1.86. The molecule has 1 aliphatic rings. The zero-order valence-corrected chi connectivity index (χ0v) is 12.8. The standard InChI is InChI=1S/C15H26N4O/c1-11(2)6-7-16-15-18-12(3)9-14(19-15)17-10-13-5-4-8-20-13/h9,11,13H,4-8,10H2,1-3H3,(H2,16,17,18,19). The van der Waals surface area contributed by atoms with Gasteiger partial charge in [-0.25, -0.2) is 4.98 Å². The quantitative estimate of drug-likeness (QED) is 0.803. The van der Waals surface area contributed by atoms with Crippen LogP contribution in [0.25, 0.3) is 0 Å². The SMILES string of the molecule is Cc1cc(NCC2CCCO2)nc(NCCC(C)C)n1. The number of aryl methyl sites for hydroxylation is 1. The fraction of sp³-hybridized carbons (Fsp3) is 0.733. The number of hydrogen-bond donors (Lipinski definition) is 2. The maximum absolute atomic E-state index is 5.60. The van der Waals surface area contributed by atoms with Crippen LogP contribution in [0.3, 0.4) is 0 Å². The maximum Gasteiger partial charge on any atom is 0.224 e. The number of anilines is 2. The molecule has 0 radical (unpaired) electrons. The molecule has 1 atom stereocenters. The van der Waals surface area contributed by atoms with E-state index in [1.54, 1.807) is 0 Å². The molecular formula is C15H26N4O. The predicted octanol–water partition coefficient (Wildman–Crippen LogP) is 2.83. The third-order valence-corrected chi connectivity index (χ3v) is 3.39. The molecule has 5 heteroatoms. The molecule has 0 spiro atoms. The largest absolute Gasteiger partial charge is 0.376 e. The Morgan fingerprint density at radius 3 is 2.90 bits per heavy atom. The summed E-state index contributed by atoms with van der Waals surface area (Å²) in [4.78, 5) is 8.92. The lowest BCUT2D eigenvalue weighted by Gasteiger charge is -2.13. The molecule has 1 aromatic heterocycles. The minimum atomic E-state index is 0.322. The van der Waals surface area contributed by atoms with E-state index in [-0.39, 0.29) is 0 Å². The lowest BCUT2D eigenvalue weighted by atomic mass is 10.1. The van der Waals surface area contributed by atoms with Crippen molar-refractivity contribution >= 4 is 11.8 Å². The first-order valence-electron chi connectivity index (χ1n) is 7.58. The summed E-state index contributed by atoms with van der Waals surface area (Å²) in [6, 6.07) is 1.97. The van der Waals surface area contributed by atoms with Crippen molar-refractivity contribution in [1.29, 1.82) is 0 Å². The van der Waals surface area contributed by atoms with Gasteiger partial charge in [-0.1, -0.05) is 13.8 Å². The molecule has 1 saturated heterocycles. The fourth-order valence-corrected chi connectivity index (χ4v) is 2.23. The third kappa shape index (κ3) is 4.96. The van der Waals surface area contributed by atoms with Crippen LogP contribution in [0.5, 0.6) is 0 Å². The van der Waals surface area contributed by atoms with Crippen molar-refractivity contribution in [2.24, 2.45) is 5.92 Å². The van der Waals surface area contributed by atoms with Crippen LogP contribution in [-0.4, -0.2) is 35.8 Å². The van der Waals surface area contributed by atoms with Gasteiger partial charge in [0.15, 0.2) is 0 Å². The highest BCUT2D eigenvalue weighted by Crippen LogP contribution is 2.14. The van der Waals surface area contributed by atoms with Crippen LogP contribution in [-0.2, 0) is 4.74 Å². The van der Waals surface area contributed by atoms with Crippen LogP contribution >= 0.6 is 0 Å². The van der Waals surface area contributed by atoms with E-state index in [1.165, 1.54) is 0 Å². The van der Waals surface area contributed by atoms with Gasteiger partial charge in [-0.3, -0.25) is 0 Å². The first kappa shape index (κ1) is 15.0. The Labute approximate surface area is 121 Å². The van der Waals surface area contributed by atoms with Gasteiger partial charge in [0.1, 0.15) is 5.82 Å². The number of aromatic nitrogens is 2. The molecule has 2 rings (SSSR count). The van der Waals surface area contributed by atoms with Crippen LogP contribution in [0.2, 0.25) is 0 Å². The van der Waals surface area contributed by atoms with Crippen LogP contribution in [0.1, 0.15) is 38.8 Å². The Kier molecular flexibility index (Phi) is 5.59. The summed E-state index contributed by atoms with van der Waals surface area (Å²) in [5, 5.41) is 6.64. The van der Waals surface area contributed by atoms with E-state index in [0.717, 1.165) is 50.5 Å². The minimum absolute atomic E-state index is 0.322. The summed E-state index contributed by atoms with van der Waals surface area (Å²) in [5.74, 6) is 2.27. The Bertz CT molecular complexity index is 416. The molecule has 2 N–H and O–H groups in total. The van der Waals surface area contributed by atoms with E-state index in [9.17, 15) is 0 Å². The summed E-state index contributed by atoms with van der Waals surface area (Å²) in [6.07, 6.45) is 3.74. The number of rotatable bonds is 7. The first-order valence-corrected chi connectivity index (χ1v) is 7.58. The molecule has 0 aromatic carbocycles. The van der Waals surface area contributed by atoms with Gasteiger partial charge in [0.2, 0.25) is 5.95 Å². The molecular weight excluding hydrogens is 252 g/mol. The van der Waals surface area contributed by atoms with Crippen LogP contribution in [0.15, 0.2) is 6.07 Å². The number of hydrogen-bond acceptors (Lipinski definition) is 5. The summed E-state index contributed by atoms with van der Waals surface area (Å²) in [5.41, 5.74) is 0.974. The van der Waals surface area contributed by atoms with E-state index in [0.29, 0.717) is 18.0 Å². The Hall–Kier alpha value is -1.36. The molecule has 1 aromatic rings. The van der Waals surface area contributed by atoms with Gasteiger partial charge < -0.3 is 15.4 Å². The molecule has 0 amide bonds. The second-order valence-corrected chi connectivity index (χ2v) is 5.84. The van der Waals surface area contributed by atoms with Gasteiger partial charge in [-0.15, -0.1) is 0 Å². The average molecular weight is 278 g/mol. The molecule has 20 heavy (non-hydrogen) atoms. The van der Waals surface area contributed by atoms with E-state index in [2.05, 4.69) is 34.4 Å². The Morgan fingerprint density at radius 2 is 2.20 bits per heavy atom.